The molecule has 1 saturated heterocycles. The highest BCUT2D eigenvalue weighted by molar-refractivity contribution is 7.13. The molecule has 5 atom stereocenters. The summed E-state index contributed by atoms with van der Waals surface area (Å²) in [6.45, 7) is 10.4. The molecule has 300 valence electrons. The number of aryl methyl sites for hydroxylation is 2. The topological polar surface area (TPSA) is 166 Å². The predicted octanol–water partition coefficient (Wildman–Crippen LogP) is 5.98. The number of rotatable bonds is 13. The lowest BCUT2D eigenvalue weighted by atomic mass is 9.85. The van der Waals surface area contributed by atoms with Gasteiger partial charge in [0.25, 0.3) is 5.91 Å². The third kappa shape index (κ3) is 9.29. The van der Waals surface area contributed by atoms with Crippen LogP contribution in [-0.4, -0.2) is 84.1 Å². The van der Waals surface area contributed by atoms with E-state index in [2.05, 4.69) is 44.3 Å². The minimum absolute atomic E-state index is 0.0285. The summed E-state index contributed by atoms with van der Waals surface area (Å²) in [5.41, 5.74) is 7.33. The first-order valence-electron chi connectivity index (χ1n) is 19.9. The molecule has 2 fully saturated rings. The van der Waals surface area contributed by atoms with Crippen LogP contribution in [0.5, 0.6) is 0 Å². The first-order valence-corrected chi connectivity index (χ1v) is 20.8. The van der Waals surface area contributed by atoms with E-state index < -0.39 is 23.6 Å². The highest BCUT2D eigenvalue weighted by atomic mass is 32.1. The van der Waals surface area contributed by atoms with E-state index in [-0.39, 0.29) is 42.8 Å². The number of nitrogens with one attached hydrogen (secondary N) is 4. The Morgan fingerprint density at radius 3 is 2.46 bits per heavy atom. The van der Waals surface area contributed by atoms with E-state index >= 15 is 0 Å². The number of carbonyl (C=O) groups excluding carboxylic acids is 3. The summed E-state index contributed by atoms with van der Waals surface area (Å²) in [5.74, 6) is 0.199. The number of fused-ring (bicyclic) bond motifs is 1. The van der Waals surface area contributed by atoms with Gasteiger partial charge in [0.05, 0.1) is 28.4 Å². The third-order valence-corrected chi connectivity index (χ3v) is 11.9. The lowest BCUT2D eigenvalue weighted by molar-refractivity contribution is -0.140. The van der Waals surface area contributed by atoms with E-state index in [4.69, 9.17) is 4.98 Å². The predicted molar refractivity (Wildman–Crippen MR) is 223 cm³/mol. The highest BCUT2D eigenvalue weighted by Crippen LogP contribution is 2.30. The summed E-state index contributed by atoms with van der Waals surface area (Å²) in [7, 11) is 0. The number of likely N-dealkylation sites (tertiary alicyclic amines) is 1. The molecule has 1 saturated carbocycles. The number of nitrogens with zero attached hydrogens (tertiary/aromatic N) is 5. The average Bonchev–Trinajstić information content (AvgIpc) is 4.01. The quantitative estimate of drug-likeness (QED) is 0.0965. The molecule has 14 heteroatoms. The maximum absolute atomic E-state index is 14.2. The maximum Gasteiger partial charge on any atom is 0.251 e. The molecule has 1 aliphatic carbocycles. The molecule has 4 heterocycles. The van der Waals surface area contributed by atoms with E-state index in [0.29, 0.717) is 17.8 Å². The van der Waals surface area contributed by atoms with Crippen LogP contribution in [0.1, 0.15) is 87.1 Å². The molecule has 0 spiro atoms. The van der Waals surface area contributed by atoms with Crippen LogP contribution in [-0.2, 0) is 22.6 Å². The summed E-state index contributed by atoms with van der Waals surface area (Å²) < 4.78 is 1.83. The fraction of sp³-hybridized carbons (Fsp3) is 0.442. The molecule has 7 rings (SSSR count). The van der Waals surface area contributed by atoms with Gasteiger partial charge in [0.1, 0.15) is 17.9 Å². The van der Waals surface area contributed by atoms with Gasteiger partial charge in [-0.3, -0.25) is 14.4 Å². The number of benzene rings is 2. The normalized spacial score (nSPS) is 20.1. The molecule has 3 aromatic heterocycles. The molecule has 0 bridgehead atoms. The number of carbonyl (C=O) groups is 3. The second-order valence-corrected chi connectivity index (χ2v) is 17.3. The zero-order valence-corrected chi connectivity index (χ0v) is 34.1. The monoisotopic (exact) mass is 791 g/mol. The fourth-order valence-corrected chi connectivity index (χ4v) is 8.65. The van der Waals surface area contributed by atoms with Gasteiger partial charge in [0.2, 0.25) is 11.8 Å². The number of thiazole rings is 1. The van der Waals surface area contributed by atoms with Crippen LogP contribution in [0.15, 0.2) is 72.4 Å². The highest BCUT2D eigenvalue weighted by Gasteiger charge is 2.44. The van der Waals surface area contributed by atoms with Crippen LogP contribution in [0.3, 0.4) is 0 Å². The van der Waals surface area contributed by atoms with Crippen LogP contribution in [0, 0.1) is 12.3 Å². The lowest BCUT2D eigenvalue weighted by Gasteiger charge is -2.36. The molecule has 0 radical (unpaired) electrons. The first kappa shape index (κ1) is 39.9. The number of hydrogen-bond acceptors (Lipinski definition) is 10. The van der Waals surface area contributed by atoms with Gasteiger partial charge in [-0.05, 0) is 73.4 Å². The summed E-state index contributed by atoms with van der Waals surface area (Å²) in [6.07, 6.45) is 5.59. The zero-order valence-electron chi connectivity index (χ0n) is 33.3. The Bertz CT molecular complexity index is 2190. The minimum atomic E-state index is -0.808. The molecule has 13 nitrogen and oxygen atoms in total. The van der Waals surface area contributed by atoms with Crippen molar-refractivity contribution >= 4 is 46.2 Å². The van der Waals surface area contributed by atoms with Gasteiger partial charge < -0.3 is 31.3 Å². The van der Waals surface area contributed by atoms with Crippen LogP contribution < -0.4 is 21.3 Å². The third-order valence-electron chi connectivity index (χ3n) is 10.9. The van der Waals surface area contributed by atoms with E-state index in [9.17, 15) is 19.5 Å². The molecule has 5 N–H and O–H groups in total. The van der Waals surface area contributed by atoms with Crippen molar-refractivity contribution in [2.75, 3.05) is 17.2 Å². The maximum atomic E-state index is 14.2. The van der Waals surface area contributed by atoms with Gasteiger partial charge in [0, 0.05) is 60.7 Å². The second-order valence-electron chi connectivity index (χ2n) is 16.4. The molecule has 2 aromatic carbocycles. The molecule has 3 amide bonds. The second kappa shape index (κ2) is 17.0. The van der Waals surface area contributed by atoms with Gasteiger partial charge >= 0.3 is 0 Å². The Hall–Kier alpha value is -5.34. The standard InChI is InChI=1S/C43H53N9O4S/c1-6-7-31-21-37(52-36(47-31)18-19-46-52)48-32-16-17-33(20-32)50-40(54)29-12-14-30(15-13-29)49-39(43(3,4)5)42(56)51-24-34(53)22-35(51)41(55)44-23-27-8-10-28(11-9-27)38-26(2)45-25-57-38/h8-15,18-19,21,25,32-35,39,48-49,53H,6-7,16-17,20,22-24H2,1-5H3,(H,44,55)(H,50,54)/t32-,33-,34-,35+,39-/m1/s1. The molecular formula is C43H53N9O4S. The summed E-state index contributed by atoms with van der Waals surface area (Å²) in [5, 5.41) is 28.3. The van der Waals surface area contributed by atoms with E-state index in [1.165, 1.54) is 4.90 Å². The number of aliphatic hydroxyl groups is 1. The molecule has 0 unspecified atom stereocenters. The number of amides is 3. The molecule has 57 heavy (non-hydrogen) atoms. The van der Waals surface area contributed by atoms with Gasteiger partial charge in [-0.1, -0.05) is 58.4 Å². The lowest BCUT2D eigenvalue weighted by Crippen LogP contribution is -2.54. The first-order chi connectivity index (χ1) is 27.4. The molecular weight excluding hydrogens is 739 g/mol. The van der Waals surface area contributed by atoms with Gasteiger partial charge in [-0.2, -0.15) is 9.61 Å². The van der Waals surface area contributed by atoms with E-state index in [0.717, 1.165) is 71.0 Å². The van der Waals surface area contributed by atoms with Crippen molar-refractivity contribution in [1.82, 2.24) is 35.1 Å². The fourth-order valence-electron chi connectivity index (χ4n) is 7.84. The van der Waals surface area contributed by atoms with Crippen molar-refractivity contribution in [3.05, 3.63) is 94.9 Å². The van der Waals surface area contributed by atoms with Crippen molar-refractivity contribution < 1.29 is 19.5 Å². The summed E-state index contributed by atoms with van der Waals surface area (Å²) >= 11 is 1.59. The Balaban J connectivity index is 0.938. The average molecular weight is 792 g/mol. The van der Waals surface area contributed by atoms with Crippen molar-refractivity contribution in [3.8, 4) is 10.4 Å². The van der Waals surface area contributed by atoms with Gasteiger partial charge in [-0.15, -0.1) is 11.3 Å². The van der Waals surface area contributed by atoms with Crippen molar-refractivity contribution in [1.29, 1.82) is 0 Å². The molecule has 5 aromatic rings. The van der Waals surface area contributed by atoms with Crippen LogP contribution in [0.4, 0.5) is 11.5 Å². The number of aliphatic hydroxyl groups excluding tert-OH is 1. The summed E-state index contributed by atoms with van der Waals surface area (Å²) in [4.78, 5) is 52.7. The number of hydrogen-bond donors (Lipinski definition) is 5. The van der Waals surface area contributed by atoms with Crippen molar-refractivity contribution in [2.45, 2.75) is 110 Å². The van der Waals surface area contributed by atoms with Crippen LogP contribution in [0.25, 0.3) is 16.1 Å². The Morgan fingerprint density at radius 1 is 1.00 bits per heavy atom. The number of β-amino-alcohol motifs (C(OH)–C–C–N with tert-alkyl or cyclic N) is 1. The Kier molecular flexibility index (Phi) is 11.9. The molecule has 1 aliphatic heterocycles. The number of aromatic nitrogens is 4. The van der Waals surface area contributed by atoms with Crippen molar-refractivity contribution in [2.24, 2.45) is 5.41 Å². The van der Waals surface area contributed by atoms with Gasteiger partial charge in [-0.25, -0.2) is 9.97 Å². The Labute approximate surface area is 337 Å². The van der Waals surface area contributed by atoms with Crippen LogP contribution >= 0.6 is 11.3 Å². The van der Waals surface area contributed by atoms with E-state index in [1.807, 2.05) is 68.1 Å². The van der Waals surface area contributed by atoms with Gasteiger partial charge in [0.15, 0.2) is 5.65 Å². The smallest absolute Gasteiger partial charge is 0.251 e. The SMILES string of the molecule is CCCc1cc(N[C@@H]2CC[C@@H](NC(=O)c3ccc(N[C@H](C(=O)N4C[C@H](O)C[C@H]4C(=O)NCc4ccc(-c5scnc5C)cc4)C(C)(C)C)cc3)C2)n2nccc2n1. The number of anilines is 2. The van der Waals surface area contributed by atoms with Crippen LogP contribution in [0.2, 0.25) is 0 Å². The molecule has 2 aliphatic rings. The zero-order chi connectivity index (χ0) is 40.3. The van der Waals surface area contributed by atoms with Crippen molar-refractivity contribution in [3.63, 3.8) is 0 Å². The van der Waals surface area contributed by atoms with E-state index in [1.54, 1.807) is 41.8 Å². The largest absolute Gasteiger partial charge is 0.391 e. The minimum Gasteiger partial charge on any atom is -0.391 e. The summed E-state index contributed by atoms with van der Waals surface area (Å²) in [6, 6.07) is 17.8. The Morgan fingerprint density at radius 2 is 1.75 bits per heavy atom.